The molecular formula is C24H22F3N7O. The lowest BCUT2D eigenvalue weighted by molar-refractivity contribution is -0.141. The zero-order valence-corrected chi connectivity index (χ0v) is 18.6. The Bertz CT molecular complexity index is 1350. The van der Waals surface area contributed by atoms with Gasteiger partial charge >= 0.3 is 6.18 Å². The Morgan fingerprint density at radius 2 is 1.83 bits per heavy atom. The number of alkyl halides is 3. The van der Waals surface area contributed by atoms with Crippen molar-refractivity contribution in [2.24, 2.45) is 0 Å². The van der Waals surface area contributed by atoms with Crippen LogP contribution in [0, 0.1) is 0 Å². The van der Waals surface area contributed by atoms with Crippen molar-refractivity contribution in [1.82, 2.24) is 30.0 Å². The Hall–Kier alpha value is -3.86. The molecule has 2 N–H and O–H groups in total. The van der Waals surface area contributed by atoms with E-state index in [2.05, 4.69) is 41.4 Å². The second kappa shape index (κ2) is 9.41. The van der Waals surface area contributed by atoms with Gasteiger partial charge in [-0.25, -0.2) is 9.97 Å². The summed E-state index contributed by atoms with van der Waals surface area (Å²) >= 11 is 0. The number of nitrogens with zero attached hydrogens (tertiary/aromatic N) is 5. The van der Waals surface area contributed by atoms with Gasteiger partial charge in [0.05, 0.1) is 17.9 Å². The van der Waals surface area contributed by atoms with Crippen LogP contribution in [-0.4, -0.2) is 49.0 Å². The molecule has 1 aromatic carbocycles. The number of hydrogen-bond acceptors (Lipinski definition) is 6. The van der Waals surface area contributed by atoms with E-state index in [-0.39, 0.29) is 11.5 Å². The first-order valence-corrected chi connectivity index (χ1v) is 11.2. The van der Waals surface area contributed by atoms with E-state index in [4.69, 9.17) is 0 Å². The van der Waals surface area contributed by atoms with Gasteiger partial charge in [0.25, 0.3) is 5.91 Å². The van der Waals surface area contributed by atoms with Gasteiger partial charge in [-0.1, -0.05) is 12.5 Å². The highest BCUT2D eigenvalue weighted by Gasteiger charge is 2.32. The van der Waals surface area contributed by atoms with Crippen LogP contribution in [0.15, 0.2) is 49.1 Å². The Kier molecular flexibility index (Phi) is 6.16. The number of fused-ring (bicyclic) bond motifs is 1. The first-order chi connectivity index (χ1) is 16.9. The van der Waals surface area contributed by atoms with Crippen molar-refractivity contribution in [2.45, 2.75) is 32.0 Å². The molecule has 4 aromatic rings. The molecule has 1 saturated heterocycles. The fraction of sp³-hybridized carbons (Fsp3) is 0.292. The maximum absolute atomic E-state index is 12.8. The zero-order valence-electron chi connectivity index (χ0n) is 18.6. The maximum atomic E-state index is 12.8. The molecule has 11 heteroatoms. The van der Waals surface area contributed by atoms with Crippen LogP contribution in [0.1, 0.15) is 41.0 Å². The average Bonchev–Trinajstić information content (AvgIpc) is 3.28. The number of carbonyl (C=O) groups is 1. The normalized spacial score (nSPS) is 14.8. The van der Waals surface area contributed by atoms with E-state index >= 15 is 0 Å². The number of hydrogen-bond donors (Lipinski definition) is 2. The molecule has 1 aliphatic rings. The number of benzene rings is 1. The molecule has 0 spiro atoms. The summed E-state index contributed by atoms with van der Waals surface area (Å²) in [4.78, 5) is 26.6. The minimum Gasteiger partial charge on any atom is -0.304 e. The Morgan fingerprint density at radius 3 is 2.57 bits per heavy atom. The van der Waals surface area contributed by atoms with Crippen LogP contribution < -0.4 is 5.32 Å². The molecule has 5 rings (SSSR count). The summed E-state index contributed by atoms with van der Waals surface area (Å²) < 4.78 is 38.1. The van der Waals surface area contributed by atoms with Crippen LogP contribution in [0.4, 0.5) is 19.0 Å². The second-order valence-corrected chi connectivity index (χ2v) is 8.49. The number of nitrogens with one attached hydrogen (secondary N) is 2. The van der Waals surface area contributed by atoms with E-state index in [1.165, 1.54) is 19.3 Å². The molecule has 1 fully saturated rings. The first-order valence-electron chi connectivity index (χ1n) is 11.2. The third kappa shape index (κ3) is 5.14. The average molecular weight is 481 g/mol. The Morgan fingerprint density at radius 1 is 1.00 bits per heavy atom. The van der Waals surface area contributed by atoms with E-state index in [0.717, 1.165) is 42.5 Å². The highest BCUT2D eigenvalue weighted by molar-refractivity contribution is 6.11. The fourth-order valence-electron chi connectivity index (χ4n) is 4.19. The van der Waals surface area contributed by atoms with Crippen molar-refractivity contribution in [3.05, 3.63) is 66.0 Å². The van der Waals surface area contributed by atoms with Crippen molar-refractivity contribution < 1.29 is 18.0 Å². The third-order valence-corrected chi connectivity index (χ3v) is 5.94. The predicted octanol–water partition coefficient (Wildman–Crippen LogP) is 4.67. The molecule has 4 heterocycles. The van der Waals surface area contributed by atoms with Crippen molar-refractivity contribution in [2.75, 3.05) is 18.4 Å². The van der Waals surface area contributed by atoms with Gasteiger partial charge in [0.2, 0.25) is 0 Å². The van der Waals surface area contributed by atoms with Crippen LogP contribution in [-0.2, 0) is 12.7 Å². The smallest absolute Gasteiger partial charge is 0.304 e. The first kappa shape index (κ1) is 22.9. The molecule has 0 saturated carbocycles. The number of carbonyl (C=O) groups excluding carboxylic acids is 1. The van der Waals surface area contributed by atoms with Crippen LogP contribution in [0.2, 0.25) is 0 Å². The molecule has 35 heavy (non-hydrogen) atoms. The van der Waals surface area contributed by atoms with Crippen LogP contribution in [0.25, 0.3) is 22.0 Å². The molecule has 0 radical (unpaired) electrons. The largest absolute Gasteiger partial charge is 0.434 e. The number of likely N-dealkylation sites (tertiary alicyclic amines) is 1. The van der Waals surface area contributed by atoms with Gasteiger partial charge < -0.3 is 5.32 Å². The molecule has 0 aliphatic carbocycles. The van der Waals surface area contributed by atoms with E-state index in [0.29, 0.717) is 17.1 Å². The molecule has 3 aromatic heterocycles. The van der Waals surface area contributed by atoms with E-state index in [1.807, 2.05) is 24.4 Å². The molecule has 1 amide bonds. The van der Waals surface area contributed by atoms with Crippen molar-refractivity contribution >= 4 is 22.6 Å². The molecule has 0 bridgehead atoms. The monoisotopic (exact) mass is 481 g/mol. The van der Waals surface area contributed by atoms with E-state index in [1.54, 1.807) is 6.20 Å². The molecule has 0 unspecified atom stereocenters. The standard InChI is InChI=1S/C24H22F3N7O/c25-24(26,27)20-12-30-21(13-29-20)31-23(35)22-18-9-16(4-5-19(18)32-33-22)17-8-15(10-28-11-17)14-34-6-2-1-3-7-34/h4-5,8-13H,1-3,6-7,14H2,(H,32,33)(H,30,31,35). The summed E-state index contributed by atoms with van der Waals surface area (Å²) in [6.45, 7) is 3.02. The van der Waals surface area contributed by atoms with E-state index < -0.39 is 17.8 Å². The third-order valence-electron chi connectivity index (χ3n) is 5.94. The minimum absolute atomic E-state index is 0.0981. The van der Waals surface area contributed by atoms with Gasteiger partial charge in [-0.05, 0) is 55.3 Å². The number of rotatable bonds is 5. The lowest BCUT2D eigenvalue weighted by atomic mass is 10.0. The SMILES string of the molecule is O=C(Nc1cnc(C(F)(F)F)cn1)c1n[nH]c2ccc(-c3cncc(CN4CCCCC4)c3)cc12. The predicted molar refractivity (Wildman–Crippen MR) is 123 cm³/mol. The van der Waals surface area contributed by atoms with Crippen LogP contribution in [0.3, 0.4) is 0 Å². The Labute approximate surface area is 198 Å². The number of amides is 1. The van der Waals surface area contributed by atoms with Gasteiger partial charge in [-0.15, -0.1) is 0 Å². The molecule has 1 aliphatic heterocycles. The second-order valence-electron chi connectivity index (χ2n) is 8.49. The van der Waals surface area contributed by atoms with Gasteiger partial charge in [-0.2, -0.15) is 18.3 Å². The summed E-state index contributed by atoms with van der Waals surface area (Å²) in [6, 6.07) is 7.68. The summed E-state index contributed by atoms with van der Waals surface area (Å²) in [5, 5.41) is 9.92. The van der Waals surface area contributed by atoms with E-state index in [9.17, 15) is 18.0 Å². The summed E-state index contributed by atoms with van der Waals surface area (Å²) in [5.74, 6) is -0.718. The topological polar surface area (TPSA) is 99.7 Å². The Balaban J connectivity index is 1.37. The van der Waals surface area contributed by atoms with Crippen molar-refractivity contribution in [3.63, 3.8) is 0 Å². The van der Waals surface area contributed by atoms with Gasteiger partial charge in [0.1, 0.15) is 0 Å². The number of halogens is 3. The van der Waals surface area contributed by atoms with Crippen LogP contribution in [0.5, 0.6) is 0 Å². The summed E-state index contributed by atoms with van der Waals surface area (Å²) in [5.41, 5.74) is 2.52. The summed E-state index contributed by atoms with van der Waals surface area (Å²) in [7, 11) is 0. The number of H-pyrrole nitrogens is 1. The van der Waals surface area contributed by atoms with Crippen LogP contribution >= 0.6 is 0 Å². The minimum atomic E-state index is -4.61. The maximum Gasteiger partial charge on any atom is 0.434 e. The molecule has 180 valence electrons. The molecule has 8 nitrogen and oxygen atoms in total. The quantitative estimate of drug-likeness (QED) is 0.430. The zero-order chi connectivity index (χ0) is 24.4. The lowest BCUT2D eigenvalue weighted by Gasteiger charge is -2.26. The van der Waals surface area contributed by atoms with Gasteiger partial charge in [-0.3, -0.25) is 19.8 Å². The highest BCUT2D eigenvalue weighted by Crippen LogP contribution is 2.28. The fourth-order valence-corrected chi connectivity index (χ4v) is 4.19. The molecule has 0 atom stereocenters. The molecular weight excluding hydrogens is 459 g/mol. The summed E-state index contributed by atoms with van der Waals surface area (Å²) in [6.07, 6.45) is 4.18. The number of piperidine rings is 1. The number of anilines is 1. The van der Waals surface area contributed by atoms with Crippen molar-refractivity contribution in [1.29, 1.82) is 0 Å². The highest BCUT2D eigenvalue weighted by atomic mass is 19.4. The number of pyridine rings is 1. The number of aromatic amines is 1. The number of aromatic nitrogens is 5. The van der Waals surface area contributed by atoms with Gasteiger partial charge in [0.15, 0.2) is 17.2 Å². The van der Waals surface area contributed by atoms with Crippen molar-refractivity contribution in [3.8, 4) is 11.1 Å². The van der Waals surface area contributed by atoms with Gasteiger partial charge in [0, 0.05) is 29.9 Å². The lowest BCUT2D eigenvalue weighted by Crippen LogP contribution is -2.29.